The van der Waals surface area contributed by atoms with Crippen molar-refractivity contribution in [2.75, 3.05) is 11.4 Å². The van der Waals surface area contributed by atoms with Gasteiger partial charge in [-0.2, -0.15) is 5.10 Å². The molecule has 5 heteroatoms. The van der Waals surface area contributed by atoms with Crippen molar-refractivity contribution in [3.8, 4) is 0 Å². The normalized spacial score (nSPS) is 14.9. The number of allylic oxidation sites excluding steroid dienone is 1. The van der Waals surface area contributed by atoms with Crippen LogP contribution < -0.4 is 10.3 Å². The minimum Gasteiger partial charge on any atom is -0.335 e. The van der Waals surface area contributed by atoms with Gasteiger partial charge in [0.15, 0.2) is 0 Å². The summed E-state index contributed by atoms with van der Waals surface area (Å²) in [5.74, 6) is -0.217. The van der Waals surface area contributed by atoms with Crippen LogP contribution in [0.4, 0.5) is 5.69 Å². The van der Waals surface area contributed by atoms with Crippen molar-refractivity contribution in [2.24, 2.45) is 5.10 Å². The van der Waals surface area contributed by atoms with E-state index in [0.29, 0.717) is 5.56 Å². The smallest absolute Gasteiger partial charge is 0.271 e. The number of nitrogens with zero attached hydrogens (tertiary/aromatic N) is 2. The zero-order valence-corrected chi connectivity index (χ0v) is 15.7. The molecule has 0 aromatic heterocycles. The van der Waals surface area contributed by atoms with Crippen LogP contribution in [0.2, 0.25) is 0 Å². The number of anilines is 1. The number of rotatable bonds is 4. The van der Waals surface area contributed by atoms with E-state index in [4.69, 9.17) is 0 Å². The standard InChI is InChI=1S/C22H19N3OS/c1-2-25-19-13-12-16-8-6-7-11-18(16)21(19)27-20(25)14-15-23-24-22(26)17-9-4-3-5-10-17/h3-15H,2H2,1H3,(H,24,26)/b20-14+,23-15+. The van der Waals surface area contributed by atoms with E-state index in [0.717, 1.165) is 11.6 Å². The fraction of sp³-hybridized carbons (Fsp3) is 0.0909. The molecule has 27 heavy (non-hydrogen) atoms. The van der Waals surface area contributed by atoms with Gasteiger partial charge in [0.1, 0.15) is 0 Å². The number of benzene rings is 3. The van der Waals surface area contributed by atoms with Crippen molar-refractivity contribution >= 4 is 40.3 Å². The summed E-state index contributed by atoms with van der Waals surface area (Å²) in [5, 5.41) is 7.66. The lowest BCUT2D eigenvalue weighted by Gasteiger charge is -2.17. The van der Waals surface area contributed by atoms with Gasteiger partial charge in [0.2, 0.25) is 0 Å². The topological polar surface area (TPSA) is 44.7 Å². The van der Waals surface area contributed by atoms with E-state index in [9.17, 15) is 4.79 Å². The van der Waals surface area contributed by atoms with Gasteiger partial charge in [-0.3, -0.25) is 4.79 Å². The summed E-state index contributed by atoms with van der Waals surface area (Å²) in [6.07, 6.45) is 3.58. The van der Waals surface area contributed by atoms with Crippen molar-refractivity contribution in [3.63, 3.8) is 0 Å². The van der Waals surface area contributed by atoms with E-state index in [1.165, 1.54) is 21.4 Å². The highest BCUT2D eigenvalue weighted by atomic mass is 32.2. The fourth-order valence-electron chi connectivity index (χ4n) is 3.13. The Morgan fingerprint density at radius 1 is 1.07 bits per heavy atom. The summed E-state index contributed by atoms with van der Waals surface area (Å²) in [6.45, 7) is 3.00. The molecular formula is C22H19N3OS. The second-order valence-corrected chi connectivity index (χ2v) is 7.10. The van der Waals surface area contributed by atoms with E-state index in [1.807, 2.05) is 24.3 Å². The number of hydrazone groups is 1. The quantitative estimate of drug-likeness (QED) is 0.515. The molecule has 0 saturated heterocycles. The molecule has 134 valence electrons. The van der Waals surface area contributed by atoms with Gasteiger partial charge in [-0.25, -0.2) is 5.43 Å². The number of hydrogen-bond donors (Lipinski definition) is 1. The van der Waals surface area contributed by atoms with Crippen LogP contribution in [0.15, 0.2) is 87.8 Å². The van der Waals surface area contributed by atoms with Crippen LogP contribution in [0, 0.1) is 0 Å². The number of thioether (sulfide) groups is 1. The maximum atomic E-state index is 12.0. The molecule has 0 unspecified atom stereocenters. The Morgan fingerprint density at radius 2 is 1.85 bits per heavy atom. The van der Waals surface area contributed by atoms with E-state index >= 15 is 0 Å². The molecule has 3 aromatic rings. The van der Waals surface area contributed by atoms with Crippen molar-refractivity contribution in [3.05, 3.63) is 83.4 Å². The highest BCUT2D eigenvalue weighted by Gasteiger charge is 2.25. The Balaban J connectivity index is 1.53. The maximum Gasteiger partial charge on any atom is 0.271 e. The van der Waals surface area contributed by atoms with Gasteiger partial charge < -0.3 is 4.90 Å². The summed E-state index contributed by atoms with van der Waals surface area (Å²) in [7, 11) is 0. The molecule has 0 bridgehead atoms. The largest absolute Gasteiger partial charge is 0.335 e. The van der Waals surface area contributed by atoms with E-state index in [-0.39, 0.29) is 5.91 Å². The lowest BCUT2D eigenvalue weighted by atomic mass is 10.1. The SMILES string of the molecule is CCN1/C(=C\C=N\NC(=O)c2ccccc2)Sc2c1ccc1ccccc21. The second kappa shape index (κ2) is 7.68. The van der Waals surface area contributed by atoms with Crippen LogP contribution in [0.5, 0.6) is 0 Å². The third-order valence-corrected chi connectivity index (χ3v) is 5.63. The summed E-state index contributed by atoms with van der Waals surface area (Å²) >= 11 is 1.74. The molecule has 4 nitrogen and oxygen atoms in total. The Kier molecular flexibility index (Phi) is 4.94. The molecule has 0 atom stereocenters. The Morgan fingerprint density at radius 3 is 2.67 bits per heavy atom. The average molecular weight is 373 g/mol. The lowest BCUT2D eigenvalue weighted by Crippen LogP contribution is -2.18. The van der Waals surface area contributed by atoms with Crippen LogP contribution in [0.1, 0.15) is 17.3 Å². The third-order valence-electron chi connectivity index (χ3n) is 4.43. The van der Waals surface area contributed by atoms with Gasteiger partial charge in [0, 0.05) is 23.2 Å². The van der Waals surface area contributed by atoms with Gasteiger partial charge in [-0.15, -0.1) is 0 Å². The zero-order chi connectivity index (χ0) is 18.6. The van der Waals surface area contributed by atoms with Gasteiger partial charge in [-0.1, -0.05) is 60.3 Å². The molecular weight excluding hydrogens is 354 g/mol. The number of fused-ring (bicyclic) bond motifs is 3. The number of carbonyl (C=O) groups is 1. The van der Waals surface area contributed by atoms with Crippen LogP contribution in [-0.4, -0.2) is 18.7 Å². The summed E-state index contributed by atoms with van der Waals surface area (Å²) < 4.78 is 0. The molecule has 1 amide bonds. The summed E-state index contributed by atoms with van der Waals surface area (Å²) in [5.41, 5.74) is 4.37. The number of nitrogens with one attached hydrogen (secondary N) is 1. The number of carbonyl (C=O) groups excluding carboxylic acids is 1. The van der Waals surface area contributed by atoms with Gasteiger partial charge >= 0.3 is 0 Å². The second-order valence-electron chi connectivity index (χ2n) is 6.07. The van der Waals surface area contributed by atoms with Crippen LogP contribution >= 0.6 is 11.8 Å². The molecule has 1 N–H and O–H groups in total. The van der Waals surface area contributed by atoms with Crippen LogP contribution in [0.3, 0.4) is 0 Å². The molecule has 0 aliphatic carbocycles. The third kappa shape index (κ3) is 3.46. The maximum absolute atomic E-state index is 12.0. The molecule has 1 aliphatic heterocycles. The van der Waals surface area contributed by atoms with Crippen LogP contribution in [-0.2, 0) is 0 Å². The predicted octanol–water partition coefficient (Wildman–Crippen LogP) is 5.03. The molecule has 0 spiro atoms. The number of amides is 1. The Hall–Kier alpha value is -3.05. The molecule has 0 fully saturated rings. The van der Waals surface area contributed by atoms with E-state index in [1.54, 1.807) is 30.1 Å². The lowest BCUT2D eigenvalue weighted by molar-refractivity contribution is 0.0955. The number of hydrogen-bond acceptors (Lipinski definition) is 4. The minimum atomic E-state index is -0.217. The highest BCUT2D eigenvalue weighted by molar-refractivity contribution is 8.04. The zero-order valence-electron chi connectivity index (χ0n) is 14.9. The van der Waals surface area contributed by atoms with Gasteiger partial charge in [-0.05, 0) is 42.0 Å². The molecule has 1 heterocycles. The van der Waals surface area contributed by atoms with E-state index in [2.05, 4.69) is 58.7 Å². The van der Waals surface area contributed by atoms with Gasteiger partial charge in [0.05, 0.1) is 10.7 Å². The molecule has 0 saturated carbocycles. The van der Waals surface area contributed by atoms with Crippen molar-refractivity contribution in [1.29, 1.82) is 0 Å². The first kappa shape index (κ1) is 17.4. The van der Waals surface area contributed by atoms with E-state index < -0.39 is 0 Å². The summed E-state index contributed by atoms with van der Waals surface area (Å²) in [4.78, 5) is 15.6. The average Bonchev–Trinajstić information content (AvgIpc) is 3.09. The molecule has 4 rings (SSSR count). The summed E-state index contributed by atoms with van der Waals surface area (Å²) in [6, 6.07) is 21.8. The molecule has 0 radical (unpaired) electrons. The Labute approximate surface area is 162 Å². The first-order valence-corrected chi connectivity index (χ1v) is 9.65. The van der Waals surface area contributed by atoms with Crippen LogP contribution in [0.25, 0.3) is 10.8 Å². The molecule has 3 aromatic carbocycles. The first-order chi connectivity index (χ1) is 13.3. The minimum absolute atomic E-state index is 0.217. The molecule has 1 aliphatic rings. The van der Waals surface area contributed by atoms with Crippen molar-refractivity contribution < 1.29 is 4.79 Å². The van der Waals surface area contributed by atoms with Crippen molar-refractivity contribution in [2.45, 2.75) is 11.8 Å². The first-order valence-electron chi connectivity index (χ1n) is 8.84. The fourth-order valence-corrected chi connectivity index (χ4v) is 4.39. The van der Waals surface area contributed by atoms with Gasteiger partial charge in [0.25, 0.3) is 5.91 Å². The highest BCUT2D eigenvalue weighted by Crippen LogP contribution is 2.48. The Bertz CT molecular complexity index is 1040. The predicted molar refractivity (Wildman–Crippen MR) is 113 cm³/mol. The van der Waals surface area contributed by atoms with Crippen molar-refractivity contribution in [1.82, 2.24) is 5.43 Å². The monoisotopic (exact) mass is 373 g/mol.